The predicted octanol–water partition coefficient (Wildman–Crippen LogP) is 4.23. The number of carboxylic acids is 1. The maximum Gasteiger partial charge on any atom is 0.309 e. The van der Waals surface area contributed by atoms with Crippen LogP contribution in [0.3, 0.4) is 0 Å². The Morgan fingerprint density at radius 2 is 1.89 bits per heavy atom. The van der Waals surface area contributed by atoms with E-state index in [4.69, 9.17) is 0 Å². The van der Waals surface area contributed by atoms with Crippen molar-refractivity contribution in [3.8, 4) is 0 Å². The van der Waals surface area contributed by atoms with Gasteiger partial charge in [-0.2, -0.15) is 0 Å². The first kappa shape index (κ1) is 13.9. The molecule has 0 spiro atoms. The third-order valence-electron chi connectivity index (χ3n) is 5.10. The van der Waals surface area contributed by atoms with Gasteiger partial charge in [0.2, 0.25) is 0 Å². The van der Waals surface area contributed by atoms with E-state index in [1.807, 2.05) is 25.1 Å². The van der Waals surface area contributed by atoms with Crippen molar-refractivity contribution in [2.75, 3.05) is 0 Å². The molecule has 0 saturated heterocycles. The number of benzene rings is 1. The first-order valence-electron chi connectivity index (χ1n) is 6.84. The molecule has 1 fully saturated rings. The third kappa shape index (κ3) is 2.32. The zero-order chi connectivity index (χ0) is 14.1. The zero-order valence-electron chi connectivity index (χ0n) is 11.9. The summed E-state index contributed by atoms with van der Waals surface area (Å²) in [5.74, 6) is -0.359. The van der Waals surface area contributed by atoms with E-state index >= 15 is 0 Å². The molecule has 0 aliphatic heterocycles. The Kier molecular flexibility index (Phi) is 3.53. The van der Waals surface area contributed by atoms with E-state index in [2.05, 4.69) is 38.1 Å². The standard InChI is InChI=1S/C17H22O2/c1-16(2)14(11-12-17(16,3)15(18)19)10-9-13-7-5-4-6-8-13/h4-10,14H,11-12H2,1-3H3,(H,18,19)/b10-9+. The van der Waals surface area contributed by atoms with Crippen LogP contribution in [0.2, 0.25) is 0 Å². The second-order valence-electron chi connectivity index (χ2n) is 6.27. The van der Waals surface area contributed by atoms with Crippen LogP contribution in [0.1, 0.15) is 39.2 Å². The summed E-state index contributed by atoms with van der Waals surface area (Å²) < 4.78 is 0. The van der Waals surface area contributed by atoms with E-state index < -0.39 is 11.4 Å². The summed E-state index contributed by atoms with van der Waals surface area (Å²) in [6.07, 6.45) is 5.99. The van der Waals surface area contributed by atoms with Crippen LogP contribution in [-0.4, -0.2) is 11.1 Å². The first-order valence-corrected chi connectivity index (χ1v) is 6.84. The molecule has 1 aliphatic carbocycles. The molecular formula is C17H22O2. The summed E-state index contributed by atoms with van der Waals surface area (Å²) >= 11 is 0. The van der Waals surface area contributed by atoms with Crippen molar-refractivity contribution in [3.63, 3.8) is 0 Å². The molecule has 2 unspecified atom stereocenters. The molecule has 102 valence electrons. The molecule has 2 nitrogen and oxygen atoms in total. The van der Waals surface area contributed by atoms with Gasteiger partial charge in [0.15, 0.2) is 0 Å². The number of rotatable bonds is 3. The van der Waals surface area contributed by atoms with Gasteiger partial charge in [0.05, 0.1) is 5.41 Å². The summed E-state index contributed by atoms with van der Waals surface area (Å²) in [5, 5.41) is 9.49. The molecule has 1 aromatic carbocycles. The summed E-state index contributed by atoms with van der Waals surface area (Å²) in [6, 6.07) is 10.2. The molecule has 1 N–H and O–H groups in total. The lowest BCUT2D eigenvalue weighted by Crippen LogP contribution is -2.40. The van der Waals surface area contributed by atoms with Gasteiger partial charge in [-0.25, -0.2) is 0 Å². The highest BCUT2D eigenvalue weighted by molar-refractivity contribution is 5.76. The average Bonchev–Trinajstić information content (AvgIpc) is 2.61. The predicted molar refractivity (Wildman–Crippen MR) is 77.7 cm³/mol. The van der Waals surface area contributed by atoms with Gasteiger partial charge in [-0.05, 0) is 36.7 Å². The minimum absolute atomic E-state index is 0.218. The van der Waals surface area contributed by atoms with E-state index in [1.165, 1.54) is 5.56 Å². The van der Waals surface area contributed by atoms with Gasteiger partial charge in [0, 0.05) is 0 Å². The van der Waals surface area contributed by atoms with Crippen LogP contribution in [0.4, 0.5) is 0 Å². The molecule has 0 heterocycles. The quantitative estimate of drug-likeness (QED) is 0.881. The highest BCUT2D eigenvalue weighted by atomic mass is 16.4. The third-order valence-corrected chi connectivity index (χ3v) is 5.10. The molecule has 2 rings (SSSR count). The highest BCUT2D eigenvalue weighted by Gasteiger charge is 2.55. The lowest BCUT2D eigenvalue weighted by atomic mass is 9.65. The summed E-state index contributed by atoms with van der Waals surface area (Å²) in [6.45, 7) is 6.04. The van der Waals surface area contributed by atoms with Crippen molar-refractivity contribution in [2.45, 2.75) is 33.6 Å². The molecule has 0 bridgehead atoms. The Labute approximate surface area is 115 Å². The minimum Gasteiger partial charge on any atom is -0.481 e. The summed E-state index contributed by atoms with van der Waals surface area (Å²) in [7, 11) is 0. The lowest BCUT2D eigenvalue weighted by molar-refractivity contribution is -0.154. The molecule has 1 saturated carbocycles. The Hall–Kier alpha value is -1.57. The van der Waals surface area contributed by atoms with E-state index in [0.717, 1.165) is 12.8 Å². The molecule has 0 aromatic heterocycles. The van der Waals surface area contributed by atoms with Crippen molar-refractivity contribution in [1.82, 2.24) is 0 Å². The van der Waals surface area contributed by atoms with Gasteiger partial charge in [0.1, 0.15) is 0 Å². The lowest BCUT2D eigenvalue weighted by Gasteiger charge is -2.37. The average molecular weight is 258 g/mol. The van der Waals surface area contributed by atoms with E-state index in [0.29, 0.717) is 5.92 Å². The number of aliphatic carboxylic acids is 1. The zero-order valence-corrected chi connectivity index (χ0v) is 11.9. The molecule has 0 amide bonds. The molecule has 1 aromatic rings. The molecule has 19 heavy (non-hydrogen) atoms. The van der Waals surface area contributed by atoms with Gasteiger partial charge < -0.3 is 5.11 Å². The largest absolute Gasteiger partial charge is 0.481 e. The maximum absolute atomic E-state index is 11.5. The number of hydrogen-bond acceptors (Lipinski definition) is 1. The molecule has 1 aliphatic rings. The van der Waals surface area contributed by atoms with Crippen molar-refractivity contribution in [3.05, 3.63) is 42.0 Å². The monoisotopic (exact) mass is 258 g/mol. The van der Waals surface area contributed by atoms with E-state index in [1.54, 1.807) is 0 Å². The van der Waals surface area contributed by atoms with Gasteiger partial charge in [0.25, 0.3) is 0 Å². The minimum atomic E-state index is -0.673. The number of allylic oxidation sites excluding steroid dienone is 1. The Morgan fingerprint density at radius 3 is 2.42 bits per heavy atom. The van der Waals surface area contributed by atoms with Crippen LogP contribution in [0, 0.1) is 16.7 Å². The highest BCUT2D eigenvalue weighted by Crippen LogP contribution is 2.56. The first-order chi connectivity index (χ1) is 8.88. The van der Waals surface area contributed by atoms with Crippen LogP contribution in [0.5, 0.6) is 0 Å². The van der Waals surface area contributed by atoms with Crippen molar-refractivity contribution in [1.29, 1.82) is 0 Å². The molecule has 0 radical (unpaired) electrons. The van der Waals surface area contributed by atoms with Crippen molar-refractivity contribution in [2.24, 2.45) is 16.7 Å². The van der Waals surface area contributed by atoms with Crippen LogP contribution in [-0.2, 0) is 4.79 Å². The summed E-state index contributed by atoms with van der Waals surface area (Å²) in [4.78, 5) is 11.5. The Balaban J connectivity index is 2.20. The maximum atomic E-state index is 11.5. The Morgan fingerprint density at radius 1 is 1.26 bits per heavy atom. The van der Waals surface area contributed by atoms with Crippen LogP contribution in [0.15, 0.2) is 36.4 Å². The fourth-order valence-electron chi connectivity index (χ4n) is 3.05. The molecule has 2 heteroatoms. The van der Waals surface area contributed by atoms with E-state index in [9.17, 15) is 9.90 Å². The van der Waals surface area contributed by atoms with Gasteiger partial charge >= 0.3 is 5.97 Å². The fourth-order valence-corrected chi connectivity index (χ4v) is 3.05. The number of hydrogen-bond donors (Lipinski definition) is 1. The van der Waals surface area contributed by atoms with Gasteiger partial charge in [-0.15, -0.1) is 0 Å². The van der Waals surface area contributed by atoms with Crippen LogP contribution in [0.25, 0.3) is 6.08 Å². The second-order valence-corrected chi connectivity index (χ2v) is 6.27. The SMILES string of the molecule is CC1(C(=O)O)CCC(/C=C/c2ccccc2)C1(C)C. The number of carbonyl (C=O) groups is 1. The van der Waals surface area contributed by atoms with E-state index in [-0.39, 0.29) is 5.41 Å². The number of carboxylic acid groups (broad SMARTS) is 1. The molecular weight excluding hydrogens is 236 g/mol. The van der Waals surface area contributed by atoms with Crippen molar-refractivity contribution < 1.29 is 9.90 Å². The smallest absolute Gasteiger partial charge is 0.309 e. The van der Waals surface area contributed by atoms with Gasteiger partial charge in [-0.3, -0.25) is 4.79 Å². The fraction of sp³-hybridized carbons (Fsp3) is 0.471. The topological polar surface area (TPSA) is 37.3 Å². The normalized spacial score (nSPS) is 29.7. The van der Waals surface area contributed by atoms with Crippen LogP contribution < -0.4 is 0 Å². The van der Waals surface area contributed by atoms with Crippen LogP contribution >= 0.6 is 0 Å². The second kappa shape index (κ2) is 4.84. The van der Waals surface area contributed by atoms with Crippen molar-refractivity contribution >= 4 is 12.0 Å². The Bertz CT molecular complexity index is 487. The van der Waals surface area contributed by atoms with Gasteiger partial charge in [-0.1, -0.05) is 56.3 Å². The summed E-state index contributed by atoms with van der Waals surface area (Å²) in [5.41, 5.74) is 0.324. The molecule has 2 atom stereocenters.